The molecular formula is C10H10O6. The van der Waals surface area contributed by atoms with E-state index in [9.17, 15) is 14.7 Å². The maximum atomic E-state index is 10.5. The second-order valence-electron chi connectivity index (χ2n) is 3.21. The summed E-state index contributed by atoms with van der Waals surface area (Å²) in [5.41, 5.74) is 0.0750. The fourth-order valence-corrected chi connectivity index (χ4v) is 1.17. The number of rotatable bonds is 4. The number of aromatic hydroxyl groups is 1. The highest BCUT2D eigenvalue weighted by Gasteiger charge is 2.16. The van der Waals surface area contributed by atoms with Crippen LogP contribution in [0.2, 0.25) is 0 Å². The number of aromatic carboxylic acids is 1. The first kappa shape index (κ1) is 12.0. The third kappa shape index (κ3) is 2.71. The zero-order valence-electron chi connectivity index (χ0n) is 8.12. The highest BCUT2D eigenvalue weighted by atomic mass is 16.4. The van der Waals surface area contributed by atoms with E-state index in [1.54, 1.807) is 0 Å². The smallest absolute Gasteiger partial charge is 0.335 e. The van der Waals surface area contributed by atoms with Crippen LogP contribution in [0.5, 0.6) is 5.75 Å². The predicted octanol–water partition coefficient (Wildman–Crippen LogP) is 0.0784. The Balaban J connectivity index is 2.91. The summed E-state index contributed by atoms with van der Waals surface area (Å²) >= 11 is 0. The molecule has 6 nitrogen and oxygen atoms in total. The lowest BCUT2D eigenvalue weighted by atomic mass is 10.0. The van der Waals surface area contributed by atoms with Crippen molar-refractivity contribution in [1.29, 1.82) is 0 Å². The van der Waals surface area contributed by atoms with Gasteiger partial charge in [0.15, 0.2) is 6.10 Å². The van der Waals surface area contributed by atoms with Gasteiger partial charge in [0.2, 0.25) is 0 Å². The van der Waals surface area contributed by atoms with Crippen LogP contribution in [0.4, 0.5) is 0 Å². The fourth-order valence-electron chi connectivity index (χ4n) is 1.17. The van der Waals surface area contributed by atoms with Crippen molar-refractivity contribution in [2.45, 2.75) is 12.5 Å². The fraction of sp³-hybridized carbons (Fsp3) is 0.200. The molecule has 0 heterocycles. The van der Waals surface area contributed by atoms with Crippen molar-refractivity contribution in [2.75, 3.05) is 0 Å². The van der Waals surface area contributed by atoms with Crippen molar-refractivity contribution >= 4 is 11.9 Å². The average molecular weight is 226 g/mol. The number of phenols is 1. The topological polar surface area (TPSA) is 115 Å². The van der Waals surface area contributed by atoms with E-state index in [0.717, 1.165) is 6.07 Å². The Morgan fingerprint density at radius 1 is 1.25 bits per heavy atom. The summed E-state index contributed by atoms with van der Waals surface area (Å²) in [5, 5.41) is 35.5. The van der Waals surface area contributed by atoms with Crippen LogP contribution in [-0.4, -0.2) is 38.5 Å². The number of carbonyl (C=O) groups is 2. The van der Waals surface area contributed by atoms with Crippen LogP contribution in [0.1, 0.15) is 15.9 Å². The SMILES string of the molecule is O=C(O)c1ccc(CC(O)C(=O)O)c(O)c1. The second-order valence-corrected chi connectivity index (χ2v) is 3.21. The molecule has 0 fully saturated rings. The Morgan fingerprint density at radius 2 is 1.88 bits per heavy atom. The van der Waals surface area contributed by atoms with Crippen LogP contribution >= 0.6 is 0 Å². The molecule has 16 heavy (non-hydrogen) atoms. The van der Waals surface area contributed by atoms with Gasteiger partial charge in [-0.3, -0.25) is 0 Å². The summed E-state index contributed by atoms with van der Waals surface area (Å²) in [6.07, 6.45) is -1.90. The molecule has 0 aliphatic heterocycles. The lowest BCUT2D eigenvalue weighted by Gasteiger charge is -2.07. The van der Waals surface area contributed by atoms with Crippen molar-refractivity contribution < 1.29 is 30.0 Å². The van der Waals surface area contributed by atoms with E-state index in [1.165, 1.54) is 12.1 Å². The number of aliphatic hydroxyl groups is 1. The molecule has 0 saturated carbocycles. The molecule has 1 aromatic carbocycles. The lowest BCUT2D eigenvalue weighted by Crippen LogP contribution is -2.22. The minimum Gasteiger partial charge on any atom is -0.508 e. The minimum absolute atomic E-state index is 0.105. The average Bonchev–Trinajstić information content (AvgIpc) is 2.20. The number of aliphatic carboxylic acids is 1. The van der Waals surface area contributed by atoms with Gasteiger partial charge in [0.1, 0.15) is 5.75 Å². The molecule has 1 aromatic rings. The molecule has 0 aromatic heterocycles. The molecule has 0 radical (unpaired) electrons. The normalized spacial score (nSPS) is 12.1. The Hall–Kier alpha value is -2.08. The highest BCUT2D eigenvalue weighted by molar-refractivity contribution is 5.88. The Labute approximate surface area is 90.4 Å². The van der Waals surface area contributed by atoms with E-state index >= 15 is 0 Å². The van der Waals surface area contributed by atoms with Gasteiger partial charge in [-0.1, -0.05) is 6.07 Å². The summed E-state index contributed by atoms with van der Waals surface area (Å²) in [6, 6.07) is 3.50. The zero-order valence-corrected chi connectivity index (χ0v) is 8.12. The Bertz CT molecular complexity index is 425. The van der Waals surface area contributed by atoms with Crippen molar-refractivity contribution in [3.8, 4) is 5.75 Å². The standard InChI is InChI=1S/C10H10O6/c11-7-4-6(9(13)14)2-1-5(7)3-8(12)10(15)16/h1-2,4,8,11-12H,3H2,(H,13,14)(H,15,16). The van der Waals surface area contributed by atoms with E-state index in [2.05, 4.69) is 0 Å². The maximum absolute atomic E-state index is 10.5. The molecule has 0 aliphatic carbocycles. The molecule has 0 spiro atoms. The van der Waals surface area contributed by atoms with Gasteiger partial charge in [-0.05, 0) is 17.7 Å². The van der Waals surface area contributed by atoms with E-state index in [0.29, 0.717) is 0 Å². The molecule has 0 bridgehead atoms. The summed E-state index contributed by atoms with van der Waals surface area (Å²) in [7, 11) is 0. The first-order valence-corrected chi connectivity index (χ1v) is 4.38. The molecule has 0 amide bonds. The number of phenolic OH excluding ortho intramolecular Hbond substituents is 1. The van der Waals surface area contributed by atoms with Gasteiger partial charge in [0, 0.05) is 6.42 Å². The largest absolute Gasteiger partial charge is 0.508 e. The van der Waals surface area contributed by atoms with E-state index in [-0.39, 0.29) is 23.3 Å². The van der Waals surface area contributed by atoms with E-state index in [4.69, 9.17) is 15.3 Å². The summed E-state index contributed by atoms with van der Waals surface area (Å²) in [6.45, 7) is 0. The number of hydrogen-bond acceptors (Lipinski definition) is 4. The number of carboxylic acid groups (broad SMARTS) is 2. The third-order valence-electron chi connectivity index (χ3n) is 2.03. The third-order valence-corrected chi connectivity index (χ3v) is 2.03. The van der Waals surface area contributed by atoms with Crippen LogP contribution < -0.4 is 0 Å². The van der Waals surface area contributed by atoms with Gasteiger partial charge in [-0.25, -0.2) is 9.59 Å². The monoisotopic (exact) mass is 226 g/mol. The molecule has 6 heteroatoms. The van der Waals surface area contributed by atoms with Crippen molar-refractivity contribution in [2.24, 2.45) is 0 Å². The van der Waals surface area contributed by atoms with Crippen LogP contribution in [0, 0.1) is 0 Å². The number of carboxylic acids is 2. The highest BCUT2D eigenvalue weighted by Crippen LogP contribution is 2.20. The number of hydrogen-bond donors (Lipinski definition) is 4. The van der Waals surface area contributed by atoms with Gasteiger partial charge in [-0.2, -0.15) is 0 Å². The van der Waals surface area contributed by atoms with Crippen molar-refractivity contribution in [1.82, 2.24) is 0 Å². The maximum Gasteiger partial charge on any atom is 0.335 e. The Morgan fingerprint density at radius 3 is 2.31 bits per heavy atom. The van der Waals surface area contributed by atoms with Gasteiger partial charge < -0.3 is 20.4 Å². The van der Waals surface area contributed by atoms with Crippen LogP contribution in [0.3, 0.4) is 0 Å². The van der Waals surface area contributed by atoms with E-state index in [1.807, 2.05) is 0 Å². The quantitative estimate of drug-likeness (QED) is 0.577. The number of aliphatic hydroxyl groups excluding tert-OH is 1. The molecule has 4 N–H and O–H groups in total. The minimum atomic E-state index is -1.62. The molecule has 1 atom stereocenters. The first-order chi connectivity index (χ1) is 7.41. The predicted molar refractivity (Wildman–Crippen MR) is 52.4 cm³/mol. The van der Waals surface area contributed by atoms with Crippen LogP contribution in [0.25, 0.3) is 0 Å². The van der Waals surface area contributed by atoms with Crippen molar-refractivity contribution in [3.63, 3.8) is 0 Å². The molecule has 0 aliphatic rings. The molecule has 0 saturated heterocycles. The summed E-state index contributed by atoms with van der Waals surface area (Å²) in [4.78, 5) is 20.9. The second kappa shape index (κ2) is 4.63. The van der Waals surface area contributed by atoms with Crippen LogP contribution in [-0.2, 0) is 11.2 Å². The molecule has 86 valence electrons. The van der Waals surface area contributed by atoms with Gasteiger partial charge >= 0.3 is 11.9 Å². The zero-order chi connectivity index (χ0) is 12.3. The van der Waals surface area contributed by atoms with E-state index < -0.39 is 18.0 Å². The Kier molecular flexibility index (Phi) is 3.47. The lowest BCUT2D eigenvalue weighted by molar-refractivity contribution is -0.146. The van der Waals surface area contributed by atoms with Gasteiger partial charge in [-0.15, -0.1) is 0 Å². The van der Waals surface area contributed by atoms with Gasteiger partial charge in [0.05, 0.1) is 5.56 Å². The number of benzene rings is 1. The first-order valence-electron chi connectivity index (χ1n) is 4.38. The van der Waals surface area contributed by atoms with Crippen molar-refractivity contribution in [3.05, 3.63) is 29.3 Å². The van der Waals surface area contributed by atoms with Crippen LogP contribution in [0.15, 0.2) is 18.2 Å². The van der Waals surface area contributed by atoms with Gasteiger partial charge in [0.25, 0.3) is 0 Å². The molecular weight excluding hydrogens is 216 g/mol. The summed E-state index contributed by atoms with van der Waals surface area (Å²) < 4.78 is 0. The molecule has 1 rings (SSSR count). The summed E-state index contributed by atoms with van der Waals surface area (Å²) in [5.74, 6) is -2.94. The molecule has 1 unspecified atom stereocenters.